The zero-order valence-corrected chi connectivity index (χ0v) is 13.0. The Morgan fingerprint density at radius 2 is 2.09 bits per heavy atom. The average molecular weight is 316 g/mol. The molecular weight excluding hydrogens is 300 g/mol. The van der Waals surface area contributed by atoms with Crippen LogP contribution in [0.15, 0.2) is 41.2 Å². The molecule has 5 nitrogen and oxygen atoms in total. The van der Waals surface area contributed by atoms with E-state index < -0.39 is 0 Å². The fourth-order valence-corrected chi connectivity index (χ4v) is 3.09. The van der Waals surface area contributed by atoms with E-state index in [1.165, 1.54) is 11.3 Å². The van der Waals surface area contributed by atoms with Gasteiger partial charge in [-0.25, -0.2) is 9.59 Å². The first-order chi connectivity index (χ1) is 10.6. The number of carbonyl (C=O) groups is 1. The van der Waals surface area contributed by atoms with E-state index in [9.17, 15) is 9.59 Å². The zero-order chi connectivity index (χ0) is 15.5. The van der Waals surface area contributed by atoms with Gasteiger partial charge in [0.25, 0.3) is 0 Å². The summed E-state index contributed by atoms with van der Waals surface area (Å²) in [7, 11) is 0. The van der Waals surface area contributed by atoms with Crippen molar-refractivity contribution in [2.75, 3.05) is 6.61 Å². The molecule has 6 heteroatoms. The lowest BCUT2D eigenvalue weighted by Crippen LogP contribution is -2.18. The molecule has 1 aromatic carbocycles. The summed E-state index contributed by atoms with van der Waals surface area (Å²) in [6, 6.07) is 11.2. The minimum absolute atomic E-state index is 0.138. The third kappa shape index (κ3) is 2.96. The Kier molecular flexibility index (Phi) is 4.11. The average Bonchev–Trinajstić information content (AvgIpc) is 3.07. The molecule has 22 heavy (non-hydrogen) atoms. The fourth-order valence-electron chi connectivity index (χ4n) is 2.33. The number of benzene rings is 1. The highest BCUT2D eigenvalue weighted by molar-refractivity contribution is 7.13. The van der Waals surface area contributed by atoms with Gasteiger partial charge in [-0.3, -0.25) is 4.57 Å². The van der Waals surface area contributed by atoms with Crippen LogP contribution >= 0.6 is 11.3 Å². The van der Waals surface area contributed by atoms with Crippen LogP contribution in [0.1, 0.15) is 21.0 Å². The largest absolute Gasteiger partial charge is 0.461 e. The predicted octanol–water partition coefficient (Wildman–Crippen LogP) is 2.95. The molecular formula is C16H16N2O3S. The molecule has 0 spiro atoms. The molecule has 0 fully saturated rings. The summed E-state index contributed by atoms with van der Waals surface area (Å²) in [4.78, 5) is 28.2. The van der Waals surface area contributed by atoms with Crippen LogP contribution in [-0.2, 0) is 11.3 Å². The number of aryl methyl sites for hydroxylation is 2. The molecule has 114 valence electrons. The van der Waals surface area contributed by atoms with Crippen molar-refractivity contribution in [3.8, 4) is 0 Å². The predicted molar refractivity (Wildman–Crippen MR) is 86.5 cm³/mol. The van der Waals surface area contributed by atoms with Gasteiger partial charge in [-0.1, -0.05) is 12.1 Å². The first kappa shape index (κ1) is 14.6. The smallest absolute Gasteiger partial charge is 0.348 e. The van der Waals surface area contributed by atoms with Crippen LogP contribution in [0.3, 0.4) is 0 Å². The van der Waals surface area contributed by atoms with Gasteiger partial charge in [-0.15, -0.1) is 11.3 Å². The van der Waals surface area contributed by atoms with Crippen LogP contribution in [0.2, 0.25) is 0 Å². The van der Waals surface area contributed by atoms with Crippen molar-refractivity contribution in [3.63, 3.8) is 0 Å². The molecule has 1 N–H and O–H groups in total. The molecule has 0 aliphatic heterocycles. The monoisotopic (exact) mass is 316 g/mol. The van der Waals surface area contributed by atoms with Crippen LogP contribution in [0.25, 0.3) is 11.0 Å². The number of nitrogens with one attached hydrogen (secondary N) is 1. The summed E-state index contributed by atoms with van der Waals surface area (Å²) in [6.07, 6.45) is 0.595. The molecule has 0 saturated heterocycles. The van der Waals surface area contributed by atoms with Gasteiger partial charge in [0.2, 0.25) is 0 Å². The Bertz CT molecular complexity index is 860. The fraction of sp³-hybridized carbons (Fsp3) is 0.250. The minimum atomic E-state index is -0.302. The Hall–Kier alpha value is -2.34. The molecule has 0 aliphatic rings. The highest BCUT2D eigenvalue weighted by Crippen LogP contribution is 2.16. The number of esters is 1. The SMILES string of the molecule is Cc1ccc(C(=O)OCCCn2c(=O)[nH]c3ccccc32)s1. The van der Waals surface area contributed by atoms with Gasteiger partial charge in [0.15, 0.2) is 0 Å². The summed E-state index contributed by atoms with van der Waals surface area (Å²) in [5.41, 5.74) is 1.55. The molecule has 0 atom stereocenters. The lowest BCUT2D eigenvalue weighted by molar-refractivity contribution is 0.0502. The Morgan fingerprint density at radius 1 is 1.27 bits per heavy atom. The van der Waals surface area contributed by atoms with Crippen molar-refractivity contribution < 1.29 is 9.53 Å². The summed E-state index contributed by atoms with van der Waals surface area (Å²) in [6.45, 7) is 2.76. The highest BCUT2D eigenvalue weighted by Gasteiger charge is 2.10. The second kappa shape index (κ2) is 6.19. The number of aromatic amines is 1. The molecule has 0 radical (unpaired) electrons. The van der Waals surface area contributed by atoms with Crippen LogP contribution in [-0.4, -0.2) is 22.1 Å². The maximum absolute atomic E-state index is 11.9. The molecule has 0 aliphatic carbocycles. The van der Waals surface area contributed by atoms with E-state index >= 15 is 0 Å². The number of imidazole rings is 1. The Balaban J connectivity index is 1.58. The van der Waals surface area contributed by atoms with Crippen LogP contribution in [0.5, 0.6) is 0 Å². The molecule has 2 heterocycles. The number of rotatable bonds is 5. The second-order valence-corrected chi connectivity index (χ2v) is 6.29. The van der Waals surface area contributed by atoms with E-state index in [-0.39, 0.29) is 11.7 Å². The number of thiophene rings is 1. The van der Waals surface area contributed by atoms with E-state index in [1.807, 2.05) is 37.3 Å². The number of ether oxygens (including phenoxy) is 1. The first-order valence-electron chi connectivity index (χ1n) is 7.06. The quantitative estimate of drug-likeness (QED) is 0.581. The molecule has 2 aromatic heterocycles. The number of fused-ring (bicyclic) bond motifs is 1. The lowest BCUT2D eigenvalue weighted by atomic mass is 10.3. The van der Waals surface area contributed by atoms with Gasteiger partial charge in [-0.05, 0) is 37.6 Å². The number of hydrogen-bond donors (Lipinski definition) is 1. The van der Waals surface area contributed by atoms with Crippen molar-refractivity contribution >= 4 is 28.3 Å². The van der Waals surface area contributed by atoms with E-state index in [0.717, 1.165) is 15.9 Å². The van der Waals surface area contributed by atoms with Crippen molar-refractivity contribution in [1.82, 2.24) is 9.55 Å². The first-order valence-corrected chi connectivity index (χ1v) is 7.88. The maximum Gasteiger partial charge on any atom is 0.348 e. The van der Waals surface area contributed by atoms with Gasteiger partial charge in [0.1, 0.15) is 4.88 Å². The molecule has 0 amide bonds. The summed E-state index contributed by atoms with van der Waals surface area (Å²) in [5.74, 6) is -0.302. The van der Waals surface area contributed by atoms with Crippen molar-refractivity contribution in [1.29, 1.82) is 0 Å². The number of H-pyrrole nitrogens is 1. The Labute approximate surface area is 131 Å². The second-order valence-electron chi connectivity index (χ2n) is 5.00. The Morgan fingerprint density at radius 3 is 2.86 bits per heavy atom. The number of nitrogens with zero attached hydrogens (tertiary/aromatic N) is 1. The van der Waals surface area contributed by atoms with Gasteiger partial charge in [0, 0.05) is 11.4 Å². The van der Waals surface area contributed by atoms with E-state index in [4.69, 9.17) is 4.74 Å². The van der Waals surface area contributed by atoms with E-state index in [1.54, 1.807) is 10.6 Å². The van der Waals surface area contributed by atoms with Crippen molar-refractivity contribution in [2.24, 2.45) is 0 Å². The molecule has 0 unspecified atom stereocenters. The van der Waals surface area contributed by atoms with E-state index in [2.05, 4.69) is 4.98 Å². The minimum Gasteiger partial charge on any atom is -0.461 e. The lowest BCUT2D eigenvalue weighted by Gasteiger charge is -2.05. The third-order valence-electron chi connectivity index (χ3n) is 3.38. The molecule has 0 bridgehead atoms. The van der Waals surface area contributed by atoms with Gasteiger partial charge in [0.05, 0.1) is 17.6 Å². The number of carbonyl (C=O) groups excluding carboxylic acids is 1. The van der Waals surface area contributed by atoms with Crippen LogP contribution in [0.4, 0.5) is 0 Å². The summed E-state index contributed by atoms with van der Waals surface area (Å²) in [5, 5.41) is 0. The molecule has 3 aromatic rings. The van der Waals surface area contributed by atoms with Gasteiger partial charge < -0.3 is 9.72 Å². The number of aromatic nitrogens is 2. The van der Waals surface area contributed by atoms with Crippen LogP contribution < -0.4 is 5.69 Å². The standard InChI is InChI=1S/C16H16N2O3S/c1-11-7-8-14(22-11)15(19)21-10-4-9-18-13-6-3-2-5-12(13)17-16(18)20/h2-3,5-8H,4,9-10H2,1H3,(H,17,20). The van der Waals surface area contributed by atoms with Gasteiger partial charge in [-0.2, -0.15) is 0 Å². The van der Waals surface area contributed by atoms with E-state index in [0.29, 0.717) is 24.4 Å². The van der Waals surface area contributed by atoms with Crippen LogP contribution in [0, 0.1) is 6.92 Å². The van der Waals surface area contributed by atoms with Crippen molar-refractivity contribution in [2.45, 2.75) is 19.9 Å². The number of hydrogen-bond acceptors (Lipinski definition) is 4. The number of para-hydroxylation sites is 2. The summed E-state index contributed by atoms with van der Waals surface area (Å²) >= 11 is 1.42. The molecule has 3 rings (SSSR count). The summed E-state index contributed by atoms with van der Waals surface area (Å²) < 4.78 is 6.90. The normalized spacial score (nSPS) is 11.0. The maximum atomic E-state index is 11.9. The van der Waals surface area contributed by atoms with Gasteiger partial charge >= 0.3 is 11.7 Å². The van der Waals surface area contributed by atoms with Crippen molar-refractivity contribution in [3.05, 3.63) is 56.6 Å². The third-order valence-corrected chi connectivity index (χ3v) is 4.36. The zero-order valence-electron chi connectivity index (χ0n) is 12.2. The topological polar surface area (TPSA) is 64.1 Å². The highest BCUT2D eigenvalue weighted by atomic mass is 32.1. The molecule has 0 saturated carbocycles.